The SMILES string of the molecule is CCC1(c2ccc(C(C)C)cc2)NC(=O)N(CCC(=O)O)C1=O. The molecule has 1 saturated heterocycles. The third-order valence-corrected chi connectivity index (χ3v) is 4.33. The number of carbonyl (C=O) groups excluding carboxylic acids is 2. The highest BCUT2D eigenvalue weighted by Crippen LogP contribution is 2.33. The van der Waals surface area contributed by atoms with Crippen molar-refractivity contribution in [3.05, 3.63) is 35.4 Å². The zero-order valence-corrected chi connectivity index (χ0v) is 13.6. The molecule has 1 fully saturated rings. The summed E-state index contributed by atoms with van der Waals surface area (Å²) in [6, 6.07) is 7.09. The molecule has 1 unspecified atom stereocenters. The van der Waals surface area contributed by atoms with E-state index in [0.717, 1.165) is 16.0 Å². The number of carboxylic acids is 1. The summed E-state index contributed by atoms with van der Waals surface area (Å²) in [6.45, 7) is 5.88. The Hall–Kier alpha value is -2.37. The van der Waals surface area contributed by atoms with Gasteiger partial charge in [0.25, 0.3) is 5.91 Å². The van der Waals surface area contributed by atoms with Crippen molar-refractivity contribution in [2.45, 2.75) is 45.1 Å². The lowest BCUT2D eigenvalue weighted by molar-refractivity contribution is -0.138. The number of nitrogens with zero attached hydrogens (tertiary/aromatic N) is 1. The average Bonchev–Trinajstić information content (AvgIpc) is 2.76. The third-order valence-electron chi connectivity index (χ3n) is 4.33. The molecule has 0 aromatic heterocycles. The van der Waals surface area contributed by atoms with Crippen molar-refractivity contribution in [2.75, 3.05) is 6.54 Å². The van der Waals surface area contributed by atoms with Crippen LogP contribution in [0.2, 0.25) is 0 Å². The number of imide groups is 1. The highest BCUT2D eigenvalue weighted by atomic mass is 16.4. The number of hydrogen-bond acceptors (Lipinski definition) is 3. The first kappa shape index (κ1) is 17.0. The Morgan fingerprint density at radius 2 is 1.87 bits per heavy atom. The summed E-state index contributed by atoms with van der Waals surface area (Å²) >= 11 is 0. The smallest absolute Gasteiger partial charge is 0.325 e. The molecule has 1 aromatic rings. The lowest BCUT2D eigenvalue weighted by Crippen LogP contribution is -2.43. The normalized spacial score (nSPS) is 21.0. The zero-order valence-electron chi connectivity index (χ0n) is 13.6. The molecule has 0 saturated carbocycles. The van der Waals surface area contributed by atoms with E-state index in [2.05, 4.69) is 19.2 Å². The minimum absolute atomic E-state index is 0.119. The second-order valence-corrected chi connectivity index (χ2v) is 6.07. The van der Waals surface area contributed by atoms with Crippen LogP contribution in [0.5, 0.6) is 0 Å². The third kappa shape index (κ3) is 3.06. The number of aliphatic carboxylic acids is 1. The fourth-order valence-corrected chi connectivity index (χ4v) is 2.83. The van der Waals surface area contributed by atoms with Crippen molar-refractivity contribution >= 4 is 17.9 Å². The monoisotopic (exact) mass is 318 g/mol. The molecule has 0 radical (unpaired) electrons. The number of nitrogens with one attached hydrogen (secondary N) is 1. The predicted octanol–water partition coefficient (Wildman–Crippen LogP) is 2.44. The number of carbonyl (C=O) groups is 3. The van der Waals surface area contributed by atoms with E-state index >= 15 is 0 Å². The Morgan fingerprint density at radius 3 is 2.35 bits per heavy atom. The molecular weight excluding hydrogens is 296 g/mol. The van der Waals surface area contributed by atoms with E-state index in [1.807, 2.05) is 31.2 Å². The van der Waals surface area contributed by atoms with Crippen LogP contribution in [0.1, 0.15) is 50.7 Å². The maximum Gasteiger partial charge on any atom is 0.325 e. The van der Waals surface area contributed by atoms with Gasteiger partial charge in [0.1, 0.15) is 5.54 Å². The zero-order chi connectivity index (χ0) is 17.2. The Bertz CT molecular complexity index is 624. The molecule has 2 rings (SSSR count). The van der Waals surface area contributed by atoms with E-state index in [4.69, 9.17) is 5.11 Å². The number of hydrogen-bond donors (Lipinski definition) is 2. The fourth-order valence-electron chi connectivity index (χ4n) is 2.83. The van der Waals surface area contributed by atoms with E-state index in [1.54, 1.807) is 0 Å². The predicted molar refractivity (Wildman–Crippen MR) is 85.0 cm³/mol. The van der Waals surface area contributed by atoms with Gasteiger partial charge in [-0.15, -0.1) is 0 Å². The molecule has 1 aliphatic rings. The van der Waals surface area contributed by atoms with Crippen LogP contribution in [0.25, 0.3) is 0 Å². The summed E-state index contributed by atoms with van der Waals surface area (Å²) in [5.41, 5.74) is 0.769. The molecule has 6 heteroatoms. The van der Waals surface area contributed by atoms with Crippen molar-refractivity contribution in [1.29, 1.82) is 0 Å². The van der Waals surface area contributed by atoms with Gasteiger partial charge in [-0.2, -0.15) is 0 Å². The highest BCUT2D eigenvalue weighted by molar-refractivity contribution is 6.07. The lowest BCUT2D eigenvalue weighted by atomic mass is 9.86. The van der Waals surface area contributed by atoms with Gasteiger partial charge < -0.3 is 10.4 Å². The molecule has 1 heterocycles. The molecule has 2 N–H and O–H groups in total. The molecule has 1 aromatic carbocycles. The van der Waals surface area contributed by atoms with Crippen LogP contribution in [0.3, 0.4) is 0 Å². The van der Waals surface area contributed by atoms with Crippen molar-refractivity contribution in [2.24, 2.45) is 0 Å². The summed E-state index contributed by atoms with van der Waals surface area (Å²) in [5.74, 6) is -1.05. The molecule has 3 amide bonds. The van der Waals surface area contributed by atoms with Gasteiger partial charge in [0.15, 0.2) is 0 Å². The van der Waals surface area contributed by atoms with Gasteiger partial charge in [-0.1, -0.05) is 45.0 Å². The van der Waals surface area contributed by atoms with E-state index in [-0.39, 0.29) is 18.9 Å². The van der Waals surface area contributed by atoms with Crippen LogP contribution >= 0.6 is 0 Å². The maximum absolute atomic E-state index is 12.8. The van der Waals surface area contributed by atoms with Crippen LogP contribution < -0.4 is 5.32 Å². The second-order valence-electron chi connectivity index (χ2n) is 6.07. The number of rotatable bonds is 6. The van der Waals surface area contributed by atoms with Crippen molar-refractivity contribution < 1.29 is 19.5 Å². The summed E-state index contributed by atoms with van der Waals surface area (Å²) < 4.78 is 0. The first-order valence-electron chi connectivity index (χ1n) is 7.78. The van der Waals surface area contributed by atoms with Gasteiger partial charge >= 0.3 is 12.0 Å². The number of amides is 3. The van der Waals surface area contributed by atoms with E-state index in [0.29, 0.717) is 12.3 Å². The Kier molecular flexibility index (Phi) is 4.73. The number of benzene rings is 1. The average molecular weight is 318 g/mol. The van der Waals surface area contributed by atoms with Gasteiger partial charge in [0.2, 0.25) is 0 Å². The topological polar surface area (TPSA) is 86.7 Å². The first-order valence-corrected chi connectivity index (χ1v) is 7.78. The molecule has 23 heavy (non-hydrogen) atoms. The quantitative estimate of drug-likeness (QED) is 0.789. The molecule has 0 aliphatic carbocycles. The summed E-state index contributed by atoms with van der Waals surface area (Å²) in [4.78, 5) is 36.6. The summed E-state index contributed by atoms with van der Waals surface area (Å²) in [6.07, 6.45) is 0.146. The number of urea groups is 1. The minimum atomic E-state index is -1.11. The summed E-state index contributed by atoms with van der Waals surface area (Å²) in [5, 5.41) is 11.5. The van der Waals surface area contributed by atoms with Gasteiger partial charge in [0, 0.05) is 6.54 Å². The van der Waals surface area contributed by atoms with Crippen molar-refractivity contribution in [3.8, 4) is 0 Å². The lowest BCUT2D eigenvalue weighted by Gasteiger charge is -2.26. The molecule has 1 atom stereocenters. The molecule has 124 valence electrons. The van der Waals surface area contributed by atoms with Crippen LogP contribution in [0.15, 0.2) is 24.3 Å². The maximum atomic E-state index is 12.8. The molecule has 6 nitrogen and oxygen atoms in total. The molecule has 0 spiro atoms. The van der Waals surface area contributed by atoms with Crippen LogP contribution in [0, 0.1) is 0 Å². The molecule has 0 bridgehead atoms. The molecular formula is C17H22N2O4. The van der Waals surface area contributed by atoms with Crippen molar-refractivity contribution in [1.82, 2.24) is 10.2 Å². The van der Waals surface area contributed by atoms with Gasteiger partial charge in [0.05, 0.1) is 6.42 Å². The standard InChI is InChI=1S/C17H22N2O4/c1-4-17(13-7-5-12(6-8-13)11(2)3)15(22)19(16(23)18-17)10-9-14(20)21/h5-8,11H,4,9-10H2,1-3H3,(H,18,23)(H,20,21). The van der Waals surface area contributed by atoms with Gasteiger partial charge in [-0.25, -0.2) is 4.79 Å². The summed E-state index contributed by atoms with van der Waals surface area (Å²) in [7, 11) is 0. The Morgan fingerprint density at radius 1 is 1.26 bits per heavy atom. The second kappa shape index (κ2) is 6.40. The van der Waals surface area contributed by atoms with Crippen LogP contribution in [-0.4, -0.2) is 34.5 Å². The number of carboxylic acid groups (broad SMARTS) is 1. The highest BCUT2D eigenvalue weighted by Gasteiger charge is 2.51. The fraction of sp³-hybridized carbons (Fsp3) is 0.471. The Labute approximate surface area is 135 Å². The van der Waals surface area contributed by atoms with Crippen LogP contribution in [0.4, 0.5) is 4.79 Å². The largest absolute Gasteiger partial charge is 0.481 e. The van der Waals surface area contributed by atoms with Crippen LogP contribution in [-0.2, 0) is 15.1 Å². The molecule has 1 aliphatic heterocycles. The van der Waals surface area contributed by atoms with E-state index in [1.165, 1.54) is 0 Å². The van der Waals surface area contributed by atoms with E-state index in [9.17, 15) is 14.4 Å². The first-order chi connectivity index (χ1) is 10.8. The van der Waals surface area contributed by atoms with Crippen molar-refractivity contribution in [3.63, 3.8) is 0 Å². The van der Waals surface area contributed by atoms with E-state index < -0.39 is 17.5 Å². The van der Waals surface area contributed by atoms with Gasteiger partial charge in [-0.05, 0) is 23.5 Å². The van der Waals surface area contributed by atoms with Gasteiger partial charge in [-0.3, -0.25) is 14.5 Å². The minimum Gasteiger partial charge on any atom is -0.481 e. The Balaban J connectivity index is 2.31.